The highest BCUT2D eigenvalue weighted by atomic mass is 79.9. The number of carbonyl (C=O) groups is 1. The quantitative estimate of drug-likeness (QED) is 0.425. The summed E-state index contributed by atoms with van der Waals surface area (Å²) in [5.41, 5.74) is 1.02. The Labute approximate surface area is 237 Å². The number of sulfonamides is 1. The molecule has 2 fully saturated rings. The molecule has 1 saturated carbocycles. The van der Waals surface area contributed by atoms with Crippen LogP contribution < -0.4 is 18.9 Å². The second kappa shape index (κ2) is 13.0. The highest BCUT2D eigenvalue weighted by molar-refractivity contribution is 9.11. The summed E-state index contributed by atoms with van der Waals surface area (Å²) in [6.07, 6.45) is 3.32. The molecule has 1 N–H and O–H groups in total. The van der Waals surface area contributed by atoms with Crippen LogP contribution in [0, 0.1) is 11.8 Å². The van der Waals surface area contributed by atoms with Crippen LogP contribution in [0.1, 0.15) is 31.2 Å². The summed E-state index contributed by atoms with van der Waals surface area (Å²) < 4.78 is 45.4. The zero-order valence-corrected chi connectivity index (χ0v) is 25.3. The molecule has 2 aromatic rings. The maximum Gasteiger partial charge on any atom is 0.250 e. The number of carbonyl (C=O) groups excluding carboxylic acids is 1. The summed E-state index contributed by atoms with van der Waals surface area (Å²) in [7, 11) is 1.35. The predicted octanol–water partition coefficient (Wildman–Crippen LogP) is 3.97. The van der Waals surface area contributed by atoms with Gasteiger partial charge in [-0.2, -0.15) is 0 Å². The standard InChI is InChI=1S/C26H36BrN3O6S2/c1-34-21-9-8-20(24(35-2)25(21)36-3)17-29-12-14-30(15-13-29)26(31)19-6-4-18(5-7-19)16-28-38(32,33)23-11-10-22(27)37-23/h8-11,18-19,28H,4-7,12-17H2,1-3H3. The normalized spacial score (nSPS) is 20.8. The number of nitrogens with zero attached hydrogens (tertiary/aromatic N) is 2. The minimum absolute atomic E-state index is 0.0219. The first-order valence-corrected chi connectivity index (χ1v) is 15.9. The van der Waals surface area contributed by atoms with Crippen molar-refractivity contribution in [1.82, 2.24) is 14.5 Å². The number of ether oxygens (including phenoxy) is 3. The Morgan fingerprint density at radius 2 is 1.66 bits per heavy atom. The molecule has 1 aromatic heterocycles. The van der Waals surface area contributed by atoms with Crippen LogP contribution in [-0.2, 0) is 21.4 Å². The van der Waals surface area contributed by atoms with Crippen LogP contribution in [0.2, 0.25) is 0 Å². The summed E-state index contributed by atoms with van der Waals surface area (Å²) in [5, 5.41) is 0. The fourth-order valence-corrected chi connectivity index (χ4v) is 8.44. The number of hydrogen-bond donors (Lipinski definition) is 1. The molecule has 0 atom stereocenters. The van der Waals surface area contributed by atoms with Gasteiger partial charge in [0.1, 0.15) is 4.21 Å². The van der Waals surface area contributed by atoms with Crippen LogP contribution >= 0.6 is 27.3 Å². The molecule has 1 aliphatic carbocycles. The molecule has 0 radical (unpaired) electrons. The Kier molecular flexibility index (Phi) is 9.96. The van der Waals surface area contributed by atoms with Crippen LogP contribution in [0.25, 0.3) is 0 Å². The van der Waals surface area contributed by atoms with Crippen molar-refractivity contribution in [3.8, 4) is 17.2 Å². The smallest absolute Gasteiger partial charge is 0.250 e. The summed E-state index contributed by atoms with van der Waals surface area (Å²) in [5.74, 6) is 2.40. The number of nitrogens with one attached hydrogen (secondary N) is 1. The number of methoxy groups -OCH3 is 3. The van der Waals surface area contributed by atoms with E-state index in [9.17, 15) is 13.2 Å². The first-order chi connectivity index (χ1) is 18.2. The molecule has 2 aliphatic rings. The lowest BCUT2D eigenvalue weighted by Gasteiger charge is -2.38. The fraction of sp³-hybridized carbons (Fsp3) is 0.577. The van der Waals surface area contributed by atoms with Gasteiger partial charge in [-0.15, -0.1) is 11.3 Å². The first kappa shape index (κ1) is 29.1. The largest absolute Gasteiger partial charge is 0.493 e. The van der Waals surface area contributed by atoms with E-state index in [0.717, 1.165) is 48.1 Å². The summed E-state index contributed by atoms with van der Waals surface area (Å²) >= 11 is 4.52. The van der Waals surface area contributed by atoms with Crippen molar-refractivity contribution >= 4 is 43.2 Å². The number of amides is 1. The molecule has 0 spiro atoms. The van der Waals surface area contributed by atoms with Crippen molar-refractivity contribution < 1.29 is 27.4 Å². The molecule has 0 bridgehead atoms. The van der Waals surface area contributed by atoms with E-state index >= 15 is 0 Å². The van der Waals surface area contributed by atoms with Gasteiger partial charge in [-0.25, -0.2) is 13.1 Å². The van der Waals surface area contributed by atoms with Crippen LogP contribution in [0.4, 0.5) is 0 Å². The zero-order chi connectivity index (χ0) is 27.3. The van der Waals surface area contributed by atoms with Crippen molar-refractivity contribution in [2.75, 3.05) is 54.1 Å². The molecule has 4 rings (SSSR count). The van der Waals surface area contributed by atoms with Crippen LogP contribution in [-0.4, -0.2) is 78.2 Å². The van der Waals surface area contributed by atoms with Gasteiger partial charge in [0.25, 0.3) is 0 Å². The molecule has 1 saturated heterocycles. The molecule has 1 aliphatic heterocycles. The van der Waals surface area contributed by atoms with Gasteiger partial charge in [0, 0.05) is 50.7 Å². The Hall–Kier alpha value is -1.86. The topological polar surface area (TPSA) is 97.4 Å². The van der Waals surface area contributed by atoms with Gasteiger partial charge < -0.3 is 19.1 Å². The van der Waals surface area contributed by atoms with Crippen LogP contribution in [0.15, 0.2) is 32.3 Å². The Morgan fingerprint density at radius 1 is 0.974 bits per heavy atom. The van der Waals surface area contributed by atoms with Gasteiger partial charge in [0.2, 0.25) is 21.7 Å². The number of rotatable bonds is 10. The Morgan fingerprint density at radius 3 is 2.24 bits per heavy atom. The SMILES string of the molecule is COc1ccc(CN2CCN(C(=O)C3CCC(CNS(=O)(=O)c4ccc(Br)s4)CC3)CC2)c(OC)c1OC. The maximum absolute atomic E-state index is 13.2. The monoisotopic (exact) mass is 629 g/mol. The second-order valence-corrected chi connectivity index (χ2v) is 14.2. The van der Waals surface area contributed by atoms with E-state index in [2.05, 4.69) is 25.6 Å². The molecule has 38 heavy (non-hydrogen) atoms. The number of halogens is 1. The van der Waals surface area contributed by atoms with E-state index in [0.29, 0.717) is 47.6 Å². The molecule has 0 unspecified atom stereocenters. The van der Waals surface area contributed by atoms with Crippen molar-refractivity contribution in [3.63, 3.8) is 0 Å². The van der Waals surface area contributed by atoms with Gasteiger partial charge in [0.05, 0.1) is 25.1 Å². The summed E-state index contributed by atoms with van der Waals surface area (Å²) in [6, 6.07) is 7.23. The Bertz CT molecular complexity index is 1210. The molecule has 12 heteroatoms. The average molecular weight is 631 g/mol. The van der Waals surface area contributed by atoms with Gasteiger partial charge in [-0.05, 0) is 65.7 Å². The lowest BCUT2D eigenvalue weighted by Crippen LogP contribution is -2.50. The third kappa shape index (κ3) is 6.82. The van der Waals surface area contributed by atoms with Crippen molar-refractivity contribution in [2.24, 2.45) is 11.8 Å². The van der Waals surface area contributed by atoms with Gasteiger partial charge in [0.15, 0.2) is 11.5 Å². The highest BCUT2D eigenvalue weighted by Gasteiger charge is 2.32. The molecular weight excluding hydrogens is 594 g/mol. The van der Waals surface area contributed by atoms with Crippen LogP contribution in [0.5, 0.6) is 17.2 Å². The van der Waals surface area contributed by atoms with E-state index in [1.165, 1.54) is 11.3 Å². The van der Waals surface area contributed by atoms with Crippen molar-refractivity contribution in [3.05, 3.63) is 33.6 Å². The maximum atomic E-state index is 13.2. The third-order valence-electron chi connectivity index (χ3n) is 7.44. The zero-order valence-electron chi connectivity index (χ0n) is 22.1. The molecular formula is C26H36BrN3O6S2. The molecule has 1 amide bonds. The average Bonchev–Trinajstić information content (AvgIpc) is 3.39. The highest BCUT2D eigenvalue weighted by Crippen LogP contribution is 2.40. The molecule has 210 valence electrons. The summed E-state index contributed by atoms with van der Waals surface area (Å²) in [6.45, 7) is 4.10. The number of piperazine rings is 1. The third-order valence-corrected chi connectivity index (χ3v) is 11.0. The number of benzene rings is 1. The lowest BCUT2D eigenvalue weighted by molar-refractivity contribution is -0.138. The first-order valence-electron chi connectivity index (χ1n) is 12.8. The van der Waals surface area contributed by atoms with Crippen LogP contribution in [0.3, 0.4) is 0 Å². The molecule has 1 aromatic carbocycles. The number of hydrogen-bond acceptors (Lipinski definition) is 8. The van der Waals surface area contributed by atoms with Gasteiger partial charge >= 0.3 is 0 Å². The van der Waals surface area contributed by atoms with E-state index in [1.54, 1.807) is 33.5 Å². The fourth-order valence-electron chi connectivity index (χ4n) is 5.27. The lowest BCUT2D eigenvalue weighted by atomic mass is 9.81. The predicted molar refractivity (Wildman–Crippen MR) is 151 cm³/mol. The van der Waals surface area contributed by atoms with E-state index in [1.807, 2.05) is 17.0 Å². The van der Waals surface area contributed by atoms with E-state index in [4.69, 9.17) is 14.2 Å². The van der Waals surface area contributed by atoms with Crippen molar-refractivity contribution in [2.45, 2.75) is 36.4 Å². The minimum Gasteiger partial charge on any atom is -0.493 e. The Balaban J connectivity index is 1.23. The van der Waals surface area contributed by atoms with Crippen molar-refractivity contribution in [1.29, 1.82) is 0 Å². The van der Waals surface area contributed by atoms with Gasteiger partial charge in [-0.1, -0.05) is 6.07 Å². The number of thiophene rings is 1. The second-order valence-electron chi connectivity index (χ2n) is 9.72. The van der Waals surface area contributed by atoms with Gasteiger partial charge in [-0.3, -0.25) is 9.69 Å². The molecule has 9 nitrogen and oxygen atoms in total. The summed E-state index contributed by atoms with van der Waals surface area (Å²) in [4.78, 5) is 17.5. The minimum atomic E-state index is -3.49. The van der Waals surface area contributed by atoms with E-state index in [-0.39, 0.29) is 17.7 Å². The molecule has 2 heterocycles. The van der Waals surface area contributed by atoms with E-state index < -0.39 is 10.0 Å².